The van der Waals surface area contributed by atoms with Crippen molar-refractivity contribution in [3.8, 4) is 0 Å². The molecular weight excluding hydrogens is 220 g/mol. The Morgan fingerprint density at radius 2 is 2.06 bits per heavy atom. The smallest absolute Gasteiger partial charge is 0.0414 e. The quantitative estimate of drug-likeness (QED) is 0.822. The molecule has 0 spiro atoms. The van der Waals surface area contributed by atoms with Gasteiger partial charge in [-0.2, -0.15) is 0 Å². The molecule has 0 heterocycles. The van der Waals surface area contributed by atoms with Crippen molar-refractivity contribution < 1.29 is 0 Å². The average Bonchev–Trinajstić information content (AvgIpc) is 2.33. The minimum absolute atomic E-state index is 0.434. The number of benzene rings is 1. The number of hydrogen-bond acceptors (Lipinski definition) is 2. The number of para-hydroxylation sites is 1. The average molecular weight is 246 g/mol. The molecule has 0 amide bonds. The van der Waals surface area contributed by atoms with Gasteiger partial charge in [0, 0.05) is 24.8 Å². The molecule has 1 saturated carbocycles. The minimum atomic E-state index is 0.434. The van der Waals surface area contributed by atoms with E-state index < -0.39 is 0 Å². The fourth-order valence-electron chi connectivity index (χ4n) is 2.62. The van der Waals surface area contributed by atoms with Gasteiger partial charge in [-0.1, -0.05) is 25.1 Å². The molecule has 1 aliphatic carbocycles. The van der Waals surface area contributed by atoms with Crippen LogP contribution in [0.1, 0.15) is 51.1 Å². The van der Waals surface area contributed by atoms with Gasteiger partial charge in [0.2, 0.25) is 0 Å². The predicted molar refractivity (Wildman–Crippen MR) is 79.2 cm³/mol. The zero-order valence-electron chi connectivity index (χ0n) is 11.9. The zero-order chi connectivity index (χ0) is 13.0. The monoisotopic (exact) mass is 246 g/mol. The Labute approximate surface area is 111 Å². The first-order chi connectivity index (χ1) is 8.74. The molecule has 2 rings (SSSR count). The Balaban J connectivity index is 2.13. The third-order valence-electron chi connectivity index (χ3n) is 4.11. The lowest BCUT2D eigenvalue weighted by atomic mass is 9.90. The molecule has 0 saturated heterocycles. The molecular formula is C16H26N2. The van der Waals surface area contributed by atoms with E-state index in [1.807, 2.05) is 0 Å². The second-order valence-corrected chi connectivity index (χ2v) is 5.43. The summed E-state index contributed by atoms with van der Waals surface area (Å²) in [5, 5.41) is 3.59. The Kier molecular flexibility index (Phi) is 4.65. The van der Waals surface area contributed by atoms with Crippen LogP contribution in [0, 0.1) is 0 Å². The minimum Gasteiger partial charge on any atom is -0.371 e. The van der Waals surface area contributed by atoms with E-state index in [0.717, 1.165) is 12.6 Å². The highest BCUT2D eigenvalue weighted by Crippen LogP contribution is 2.32. The van der Waals surface area contributed by atoms with E-state index in [-0.39, 0.29) is 0 Å². The molecule has 0 aliphatic heterocycles. The number of anilines is 1. The summed E-state index contributed by atoms with van der Waals surface area (Å²) >= 11 is 0. The second kappa shape index (κ2) is 6.24. The van der Waals surface area contributed by atoms with Crippen molar-refractivity contribution in [1.29, 1.82) is 0 Å². The van der Waals surface area contributed by atoms with Gasteiger partial charge in [-0.05, 0) is 50.8 Å². The molecule has 1 unspecified atom stereocenters. The van der Waals surface area contributed by atoms with Crippen molar-refractivity contribution in [1.82, 2.24) is 5.32 Å². The second-order valence-electron chi connectivity index (χ2n) is 5.43. The Morgan fingerprint density at radius 1 is 1.33 bits per heavy atom. The lowest BCUT2D eigenvalue weighted by Crippen LogP contribution is -2.38. The van der Waals surface area contributed by atoms with Gasteiger partial charge in [0.15, 0.2) is 0 Å². The van der Waals surface area contributed by atoms with Gasteiger partial charge in [-0.15, -0.1) is 0 Å². The molecule has 0 aromatic heterocycles. The molecule has 2 heteroatoms. The maximum Gasteiger partial charge on any atom is 0.0414 e. The molecule has 0 bridgehead atoms. The molecule has 1 aromatic rings. The largest absolute Gasteiger partial charge is 0.371 e. The summed E-state index contributed by atoms with van der Waals surface area (Å²) in [5.41, 5.74) is 2.83. The van der Waals surface area contributed by atoms with Crippen molar-refractivity contribution in [2.75, 3.05) is 18.5 Å². The number of rotatable bonds is 6. The molecule has 1 atom stereocenters. The van der Waals surface area contributed by atoms with Crippen molar-refractivity contribution in [2.24, 2.45) is 0 Å². The van der Waals surface area contributed by atoms with Crippen molar-refractivity contribution >= 4 is 5.69 Å². The van der Waals surface area contributed by atoms with Crippen LogP contribution in [0.25, 0.3) is 0 Å². The molecule has 18 heavy (non-hydrogen) atoms. The predicted octanol–water partition coefficient (Wildman–Crippen LogP) is 3.74. The summed E-state index contributed by atoms with van der Waals surface area (Å²) in [6.45, 7) is 5.57. The van der Waals surface area contributed by atoms with Crippen LogP contribution in [0.15, 0.2) is 24.3 Å². The Hall–Kier alpha value is -1.02. The third-order valence-corrected chi connectivity index (χ3v) is 4.11. The zero-order valence-corrected chi connectivity index (χ0v) is 11.9. The van der Waals surface area contributed by atoms with Gasteiger partial charge >= 0.3 is 0 Å². The van der Waals surface area contributed by atoms with Crippen LogP contribution in [0.3, 0.4) is 0 Å². The summed E-state index contributed by atoms with van der Waals surface area (Å²) in [7, 11) is 2.25. The van der Waals surface area contributed by atoms with Gasteiger partial charge in [0.05, 0.1) is 0 Å². The first-order valence-corrected chi connectivity index (χ1v) is 7.29. The normalized spacial score (nSPS) is 17.3. The van der Waals surface area contributed by atoms with Gasteiger partial charge < -0.3 is 10.2 Å². The topological polar surface area (TPSA) is 15.3 Å². The summed E-state index contributed by atoms with van der Waals surface area (Å²) in [5.74, 6) is 0. The highest BCUT2D eigenvalue weighted by atomic mass is 15.1. The van der Waals surface area contributed by atoms with Crippen LogP contribution in [0.4, 0.5) is 5.69 Å². The summed E-state index contributed by atoms with van der Waals surface area (Å²) in [6.07, 6.45) is 5.27. The van der Waals surface area contributed by atoms with E-state index in [1.54, 1.807) is 0 Å². The molecule has 2 nitrogen and oxygen atoms in total. The Morgan fingerprint density at radius 3 is 2.67 bits per heavy atom. The van der Waals surface area contributed by atoms with Gasteiger partial charge in [0.25, 0.3) is 0 Å². The Bertz CT molecular complexity index is 371. The van der Waals surface area contributed by atoms with E-state index in [1.165, 1.54) is 36.9 Å². The van der Waals surface area contributed by atoms with Crippen LogP contribution < -0.4 is 10.2 Å². The SMILES string of the molecule is CCCNC(C)c1ccccc1N(C)C1CCC1. The van der Waals surface area contributed by atoms with Gasteiger partial charge in [-0.25, -0.2) is 0 Å². The van der Waals surface area contributed by atoms with E-state index in [9.17, 15) is 0 Å². The van der Waals surface area contributed by atoms with Crippen molar-refractivity contribution in [2.45, 2.75) is 51.6 Å². The first-order valence-electron chi connectivity index (χ1n) is 7.29. The van der Waals surface area contributed by atoms with Crippen LogP contribution in [0.2, 0.25) is 0 Å². The van der Waals surface area contributed by atoms with Gasteiger partial charge in [0.1, 0.15) is 0 Å². The molecule has 1 fully saturated rings. The number of nitrogens with one attached hydrogen (secondary N) is 1. The lowest BCUT2D eigenvalue weighted by molar-refractivity contribution is 0.400. The maximum atomic E-state index is 3.59. The fourth-order valence-corrected chi connectivity index (χ4v) is 2.62. The van der Waals surface area contributed by atoms with Crippen LogP contribution in [-0.4, -0.2) is 19.6 Å². The van der Waals surface area contributed by atoms with E-state index in [2.05, 4.69) is 55.4 Å². The number of hydrogen-bond donors (Lipinski definition) is 1. The van der Waals surface area contributed by atoms with Crippen molar-refractivity contribution in [3.63, 3.8) is 0 Å². The molecule has 1 aromatic carbocycles. The lowest BCUT2D eigenvalue weighted by Gasteiger charge is -2.38. The van der Waals surface area contributed by atoms with Crippen molar-refractivity contribution in [3.05, 3.63) is 29.8 Å². The molecule has 1 aliphatic rings. The van der Waals surface area contributed by atoms with Crippen LogP contribution in [-0.2, 0) is 0 Å². The third kappa shape index (κ3) is 2.86. The van der Waals surface area contributed by atoms with E-state index >= 15 is 0 Å². The van der Waals surface area contributed by atoms with Gasteiger partial charge in [-0.3, -0.25) is 0 Å². The maximum absolute atomic E-state index is 3.59. The van der Waals surface area contributed by atoms with E-state index in [4.69, 9.17) is 0 Å². The highest BCUT2D eigenvalue weighted by molar-refractivity contribution is 5.55. The fraction of sp³-hybridized carbons (Fsp3) is 0.625. The number of nitrogens with zero attached hydrogens (tertiary/aromatic N) is 1. The summed E-state index contributed by atoms with van der Waals surface area (Å²) in [6, 6.07) is 10.0. The van der Waals surface area contributed by atoms with Crippen LogP contribution >= 0.6 is 0 Å². The van der Waals surface area contributed by atoms with Crippen LogP contribution in [0.5, 0.6) is 0 Å². The molecule has 0 radical (unpaired) electrons. The molecule has 100 valence electrons. The summed E-state index contributed by atoms with van der Waals surface area (Å²) < 4.78 is 0. The highest BCUT2D eigenvalue weighted by Gasteiger charge is 2.24. The van der Waals surface area contributed by atoms with E-state index in [0.29, 0.717) is 6.04 Å². The first kappa shape index (κ1) is 13.4. The summed E-state index contributed by atoms with van der Waals surface area (Å²) in [4.78, 5) is 2.48. The standard InChI is InChI=1S/C16H26N2/c1-4-12-17-13(2)15-10-5-6-11-16(15)18(3)14-8-7-9-14/h5-6,10-11,13-14,17H,4,7-9,12H2,1-3H3. The molecule has 1 N–H and O–H groups in total.